The van der Waals surface area contributed by atoms with Crippen molar-refractivity contribution in [1.29, 1.82) is 0 Å². The molecule has 1 atom stereocenters. The normalized spacial score (nSPS) is 18.1. The quantitative estimate of drug-likeness (QED) is 0.694. The van der Waals surface area contributed by atoms with Gasteiger partial charge in [0.25, 0.3) is 0 Å². The van der Waals surface area contributed by atoms with E-state index >= 15 is 0 Å². The molecule has 0 aromatic heterocycles. The number of hydrogen-bond donors (Lipinski definition) is 3. The predicted octanol–water partition coefficient (Wildman–Crippen LogP) is 3.85. The first-order valence-corrected chi connectivity index (χ1v) is 9.73. The van der Waals surface area contributed by atoms with Crippen molar-refractivity contribution in [2.24, 2.45) is 0 Å². The SMILES string of the molecule is CNC[C@H](CCN1c2ccccc2N(c2ccccc2)S1(O)O)OC. The summed E-state index contributed by atoms with van der Waals surface area (Å²) in [5.74, 6) is 0. The van der Waals surface area contributed by atoms with Crippen LogP contribution in [0.15, 0.2) is 54.6 Å². The highest BCUT2D eigenvalue weighted by Crippen LogP contribution is 2.63. The summed E-state index contributed by atoms with van der Waals surface area (Å²) in [6, 6.07) is 17.1. The van der Waals surface area contributed by atoms with Crippen molar-refractivity contribution >= 4 is 28.0 Å². The first kappa shape index (κ1) is 18.0. The number of ether oxygens (including phenoxy) is 1. The van der Waals surface area contributed by atoms with Gasteiger partial charge in [-0.25, -0.2) is 4.31 Å². The molecule has 25 heavy (non-hydrogen) atoms. The van der Waals surface area contributed by atoms with Crippen molar-refractivity contribution in [2.75, 3.05) is 35.9 Å². The summed E-state index contributed by atoms with van der Waals surface area (Å²) in [5.41, 5.74) is 2.39. The van der Waals surface area contributed by atoms with Gasteiger partial charge < -0.3 is 10.1 Å². The number of benzene rings is 2. The highest BCUT2D eigenvalue weighted by molar-refractivity contribution is 8.27. The van der Waals surface area contributed by atoms with Crippen molar-refractivity contribution in [1.82, 2.24) is 5.32 Å². The summed E-state index contributed by atoms with van der Waals surface area (Å²) < 4.78 is 30.9. The van der Waals surface area contributed by atoms with Gasteiger partial charge in [-0.3, -0.25) is 13.4 Å². The summed E-state index contributed by atoms with van der Waals surface area (Å²) in [6.45, 7) is 1.20. The van der Waals surface area contributed by atoms with Crippen LogP contribution in [0.5, 0.6) is 0 Å². The fourth-order valence-corrected chi connectivity index (χ4v) is 4.88. The van der Waals surface area contributed by atoms with Crippen molar-refractivity contribution in [3.05, 3.63) is 54.6 Å². The van der Waals surface area contributed by atoms with Gasteiger partial charge in [0, 0.05) is 20.2 Å². The molecule has 136 valence electrons. The van der Waals surface area contributed by atoms with Gasteiger partial charge in [0.05, 0.1) is 23.2 Å². The molecule has 7 heteroatoms. The van der Waals surface area contributed by atoms with E-state index in [9.17, 15) is 9.11 Å². The third kappa shape index (κ3) is 3.47. The van der Waals surface area contributed by atoms with Gasteiger partial charge in [0.15, 0.2) is 0 Å². The number of rotatable bonds is 7. The van der Waals surface area contributed by atoms with Crippen LogP contribution in [0, 0.1) is 0 Å². The third-order valence-electron chi connectivity index (χ3n) is 4.32. The Morgan fingerprint density at radius 2 is 1.68 bits per heavy atom. The number of fused-ring (bicyclic) bond motifs is 1. The molecule has 1 aliphatic heterocycles. The van der Waals surface area contributed by atoms with Crippen molar-refractivity contribution in [3.8, 4) is 0 Å². The van der Waals surface area contributed by atoms with Crippen LogP contribution in [0.3, 0.4) is 0 Å². The maximum absolute atomic E-state index is 11.0. The molecule has 0 bridgehead atoms. The summed E-state index contributed by atoms with van der Waals surface area (Å²) in [6.07, 6.45) is 0.697. The zero-order valence-corrected chi connectivity index (χ0v) is 15.3. The van der Waals surface area contributed by atoms with E-state index in [1.54, 1.807) is 15.7 Å². The molecule has 0 saturated carbocycles. The van der Waals surface area contributed by atoms with E-state index in [4.69, 9.17) is 4.74 Å². The second-order valence-electron chi connectivity index (χ2n) is 5.91. The lowest BCUT2D eigenvalue weighted by molar-refractivity contribution is 0.0984. The van der Waals surface area contributed by atoms with E-state index in [0.29, 0.717) is 19.5 Å². The average Bonchev–Trinajstić information content (AvgIpc) is 2.85. The molecule has 0 aliphatic carbocycles. The summed E-state index contributed by atoms with van der Waals surface area (Å²) in [4.78, 5) is 0. The van der Waals surface area contributed by atoms with E-state index in [2.05, 4.69) is 5.32 Å². The van der Waals surface area contributed by atoms with E-state index in [1.165, 1.54) is 0 Å². The Kier molecular flexibility index (Phi) is 5.51. The van der Waals surface area contributed by atoms with Crippen LogP contribution in [-0.4, -0.2) is 42.5 Å². The summed E-state index contributed by atoms with van der Waals surface area (Å²) >= 11 is 0. The number of methoxy groups -OCH3 is 1. The first-order chi connectivity index (χ1) is 12.1. The highest BCUT2D eigenvalue weighted by Gasteiger charge is 2.41. The number of anilines is 3. The number of nitrogens with zero attached hydrogens (tertiary/aromatic N) is 2. The molecule has 0 amide bonds. The fraction of sp³-hybridized carbons (Fsp3) is 0.333. The molecule has 0 radical (unpaired) electrons. The van der Waals surface area contributed by atoms with Gasteiger partial charge in [0.2, 0.25) is 0 Å². The smallest absolute Gasteiger partial charge is 0.0896 e. The number of nitrogens with one attached hydrogen (secondary N) is 1. The van der Waals surface area contributed by atoms with E-state index < -0.39 is 11.0 Å². The van der Waals surface area contributed by atoms with Crippen molar-refractivity contribution in [2.45, 2.75) is 12.5 Å². The lowest BCUT2D eigenvalue weighted by Gasteiger charge is -2.44. The second-order valence-corrected chi connectivity index (χ2v) is 7.70. The molecule has 6 nitrogen and oxygen atoms in total. The summed E-state index contributed by atoms with van der Waals surface area (Å²) in [7, 11) is 0.384. The maximum atomic E-state index is 11.0. The molecular formula is C18H25N3O3S. The summed E-state index contributed by atoms with van der Waals surface area (Å²) in [5, 5.41) is 3.10. The molecule has 2 aromatic rings. The molecular weight excluding hydrogens is 338 g/mol. The number of hydrogen-bond acceptors (Lipinski definition) is 6. The first-order valence-electron chi connectivity index (χ1n) is 8.27. The van der Waals surface area contributed by atoms with E-state index in [0.717, 1.165) is 17.1 Å². The van der Waals surface area contributed by atoms with E-state index in [1.807, 2.05) is 61.6 Å². The molecule has 1 aliphatic rings. The molecule has 0 fully saturated rings. The fourth-order valence-electron chi connectivity index (χ4n) is 3.09. The lowest BCUT2D eigenvalue weighted by atomic mass is 10.2. The monoisotopic (exact) mass is 363 g/mol. The standard InChI is InChI=1S/C18H25N3O3S/c1-19-14-16(24-2)12-13-20-17-10-6-7-11-18(17)21(25(20,22)23)15-8-4-3-5-9-15/h3-11,16,19,22-23H,12-14H2,1-2H3/t16-/m0/s1. The zero-order valence-electron chi connectivity index (χ0n) is 14.5. The second kappa shape index (κ2) is 7.63. The minimum atomic E-state index is -3.17. The molecule has 3 N–H and O–H groups in total. The lowest BCUT2D eigenvalue weighted by Crippen LogP contribution is -2.35. The molecule has 0 spiro atoms. The topological polar surface area (TPSA) is 68.2 Å². The highest BCUT2D eigenvalue weighted by atomic mass is 32.3. The predicted molar refractivity (Wildman–Crippen MR) is 105 cm³/mol. The Balaban J connectivity index is 1.92. The molecule has 3 rings (SSSR count). The minimum Gasteiger partial charge on any atom is -0.380 e. The van der Waals surface area contributed by atoms with Crippen LogP contribution >= 0.6 is 11.0 Å². The molecule has 0 unspecified atom stereocenters. The largest absolute Gasteiger partial charge is 0.380 e. The van der Waals surface area contributed by atoms with Gasteiger partial charge in [0.1, 0.15) is 0 Å². The molecule has 2 aromatic carbocycles. The number of para-hydroxylation sites is 3. The Bertz CT molecular complexity index is 699. The van der Waals surface area contributed by atoms with Crippen LogP contribution in [0.1, 0.15) is 6.42 Å². The molecule has 0 saturated heterocycles. The van der Waals surface area contributed by atoms with Crippen molar-refractivity contribution < 1.29 is 13.8 Å². The van der Waals surface area contributed by atoms with Gasteiger partial charge in [-0.1, -0.05) is 30.3 Å². The molecule has 1 heterocycles. The average molecular weight is 363 g/mol. The van der Waals surface area contributed by atoms with Crippen LogP contribution in [0.2, 0.25) is 0 Å². The minimum absolute atomic E-state index is 0.0122. The van der Waals surface area contributed by atoms with Gasteiger partial charge in [-0.2, -0.15) is 0 Å². The van der Waals surface area contributed by atoms with Crippen LogP contribution in [0.25, 0.3) is 0 Å². The zero-order chi connectivity index (χ0) is 17.9. The number of likely N-dealkylation sites (N-methyl/N-ethyl adjacent to an activating group) is 1. The van der Waals surface area contributed by atoms with Gasteiger partial charge >= 0.3 is 0 Å². The van der Waals surface area contributed by atoms with E-state index in [-0.39, 0.29) is 6.10 Å². The Labute approximate surface area is 150 Å². The Morgan fingerprint density at radius 1 is 1.04 bits per heavy atom. The van der Waals surface area contributed by atoms with Gasteiger partial charge in [-0.15, -0.1) is 0 Å². The van der Waals surface area contributed by atoms with Crippen molar-refractivity contribution in [3.63, 3.8) is 0 Å². The van der Waals surface area contributed by atoms with Gasteiger partial charge in [-0.05, 0) is 48.7 Å². The third-order valence-corrected chi connectivity index (χ3v) is 6.19. The Morgan fingerprint density at radius 3 is 2.32 bits per heavy atom. The van der Waals surface area contributed by atoms with Crippen LogP contribution in [0.4, 0.5) is 17.1 Å². The van der Waals surface area contributed by atoms with Crippen LogP contribution < -0.4 is 13.9 Å². The maximum Gasteiger partial charge on any atom is 0.0896 e. The Hall–Kier alpha value is -1.77. The van der Waals surface area contributed by atoms with Crippen LogP contribution in [-0.2, 0) is 4.74 Å².